The standard InChI is InChI=1S/C17H17BrN4O5S/c1-12(13-3-7-16(8-4-13)22(24)25)19-20-17(23)11-21(28(2,26)27)15-9-5-14(18)6-10-15/h3-10H,11H2,1-2H3,(H,20,23)/b19-12-. The number of benzene rings is 2. The van der Waals surface area contributed by atoms with Crippen molar-refractivity contribution in [3.63, 3.8) is 0 Å². The zero-order chi connectivity index (χ0) is 20.9. The number of hydrazone groups is 1. The Balaban J connectivity index is 2.10. The van der Waals surface area contributed by atoms with Crippen LogP contribution in [0.1, 0.15) is 12.5 Å². The first kappa shape index (κ1) is 21.5. The fourth-order valence-corrected chi connectivity index (χ4v) is 3.33. The summed E-state index contributed by atoms with van der Waals surface area (Å²) < 4.78 is 25.8. The Hall–Kier alpha value is -2.79. The quantitative estimate of drug-likeness (QED) is 0.380. The molecule has 0 fully saturated rings. The number of sulfonamides is 1. The third-order valence-electron chi connectivity index (χ3n) is 3.65. The summed E-state index contributed by atoms with van der Waals surface area (Å²) in [5.41, 5.74) is 3.59. The number of nitrogens with one attached hydrogen (secondary N) is 1. The Morgan fingerprint density at radius 2 is 1.75 bits per heavy atom. The topological polar surface area (TPSA) is 122 Å². The molecule has 11 heteroatoms. The number of rotatable bonds is 7. The molecule has 0 aliphatic carbocycles. The Kier molecular flexibility index (Phi) is 6.86. The summed E-state index contributed by atoms with van der Waals surface area (Å²) >= 11 is 3.27. The van der Waals surface area contributed by atoms with Crippen molar-refractivity contribution in [2.75, 3.05) is 17.1 Å². The lowest BCUT2D eigenvalue weighted by Crippen LogP contribution is -2.39. The molecular weight excluding hydrogens is 452 g/mol. The van der Waals surface area contributed by atoms with Crippen molar-refractivity contribution in [2.24, 2.45) is 5.10 Å². The van der Waals surface area contributed by atoms with Crippen LogP contribution in [0.2, 0.25) is 0 Å². The highest BCUT2D eigenvalue weighted by atomic mass is 79.9. The summed E-state index contributed by atoms with van der Waals surface area (Å²) in [5, 5.41) is 14.6. The van der Waals surface area contributed by atoms with Gasteiger partial charge in [0.25, 0.3) is 11.6 Å². The van der Waals surface area contributed by atoms with Gasteiger partial charge >= 0.3 is 0 Å². The molecule has 1 amide bonds. The number of anilines is 1. The van der Waals surface area contributed by atoms with E-state index in [1.54, 1.807) is 31.2 Å². The fourth-order valence-electron chi connectivity index (χ4n) is 2.21. The lowest BCUT2D eigenvalue weighted by molar-refractivity contribution is -0.384. The van der Waals surface area contributed by atoms with E-state index in [-0.39, 0.29) is 5.69 Å². The van der Waals surface area contributed by atoms with E-state index >= 15 is 0 Å². The minimum Gasteiger partial charge on any atom is -0.271 e. The molecule has 0 atom stereocenters. The molecule has 0 saturated carbocycles. The highest BCUT2D eigenvalue weighted by molar-refractivity contribution is 9.10. The molecule has 2 rings (SSSR count). The molecule has 2 aromatic rings. The Labute approximate surface area is 170 Å². The van der Waals surface area contributed by atoms with Crippen LogP contribution >= 0.6 is 15.9 Å². The highest BCUT2D eigenvalue weighted by Crippen LogP contribution is 2.20. The second-order valence-electron chi connectivity index (χ2n) is 5.78. The minimum absolute atomic E-state index is 0.0566. The molecule has 0 unspecified atom stereocenters. The largest absolute Gasteiger partial charge is 0.271 e. The average molecular weight is 469 g/mol. The number of hydrogen-bond acceptors (Lipinski definition) is 6. The van der Waals surface area contributed by atoms with Crippen molar-refractivity contribution in [1.82, 2.24) is 5.43 Å². The number of hydrogen-bond donors (Lipinski definition) is 1. The monoisotopic (exact) mass is 468 g/mol. The number of carbonyl (C=O) groups is 1. The molecule has 0 saturated heterocycles. The zero-order valence-corrected chi connectivity index (χ0v) is 17.4. The van der Waals surface area contributed by atoms with Crippen LogP contribution in [0, 0.1) is 10.1 Å². The summed E-state index contributed by atoms with van der Waals surface area (Å²) in [6.45, 7) is 1.17. The number of halogens is 1. The first-order valence-electron chi connectivity index (χ1n) is 7.89. The second-order valence-corrected chi connectivity index (χ2v) is 8.60. The van der Waals surface area contributed by atoms with E-state index in [4.69, 9.17) is 0 Å². The van der Waals surface area contributed by atoms with Gasteiger partial charge in [-0.3, -0.25) is 19.2 Å². The third-order valence-corrected chi connectivity index (χ3v) is 5.32. The highest BCUT2D eigenvalue weighted by Gasteiger charge is 2.20. The van der Waals surface area contributed by atoms with Gasteiger partial charge in [-0.2, -0.15) is 5.10 Å². The van der Waals surface area contributed by atoms with E-state index in [1.807, 2.05) is 0 Å². The van der Waals surface area contributed by atoms with Crippen LogP contribution in [-0.2, 0) is 14.8 Å². The van der Waals surface area contributed by atoms with E-state index in [2.05, 4.69) is 26.5 Å². The Morgan fingerprint density at radius 1 is 1.18 bits per heavy atom. The molecule has 28 heavy (non-hydrogen) atoms. The zero-order valence-electron chi connectivity index (χ0n) is 15.0. The van der Waals surface area contributed by atoms with Crippen molar-refractivity contribution in [3.8, 4) is 0 Å². The summed E-state index contributed by atoms with van der Waals surface area (Å²) in [6.07, 6.45) is 1.01. The van der Waals surface area contributed by atoms with Gasteiger partial charge in [-0.05, 0) is 48.9 Å². The second kappa shape index (κ2) is 8.93. The average Bonchev–Trinajstić information content (AvgIpc) is 2.64. The maximum Gasteiger partial charge on any atom is 0.269 e. The van der Waals surface area contributed by atoms with E-state index < -0.39 is 27.4 Å². The number of amides is 1. The van der Waals surface area contributed by atoms with Gasteiger partial charge in [-0.25, -0.2) is 13.8 Å². The van der Waals surface area contributed by atoms with E-state index in [0.29, 0.717) is 17.0 Å². The predicted octanol–water partition coefficient (Wildman–Crippen LogP) is 2.66. The van der Waals surface area contributed by atoms with Crippen LogP contribution in [0.15, 0.2) is 58.1 Å². The van der Waals surface area contributed by atoms with Gasteiger partial charge in [0.15, 0.2) is 0 Å². The maximum absolute atomic E-state index is 12.2. The first-order valence-corrected chi connectivity index (χ1v) is 10.5. The molecule has 2 aromatic carbocycles. The van der Waals surface area contributed by atoms with Crippen molar-refractivity contribution < 1.29 is 18.1 Å². The SMILES string of the molecule is C/C(=N/NC(=O)CN(c1ccc(Br)cc1)S(C)(=O)=O)c1ccc([N+](=O)[O-])cc1. The molecular formula is C17H17BrN4O5S. The van der Waals surface area contributed by atoms with Crippen molar-refractivity contribution >= 4 is 48.9 Å². The van der Waals surface area contributed by atoms with Gasteiger partial charge in [-0.15, -0.1) is 0 Å². The minimum atomic E-state index is -3.68. The summed E-state index contributed by atoms with van der Waals surface area (Å²) in [4.78, 5) is 22.4. The molecule has 0 radical (unpaired) electrons. The van der Waals surface area contributed by atoms with Crippen LogP contribution in [0.5, 0.6) is 0 Å². The van der Waals surface area contributed by atoms with Gasteiger partial charge in [0, 0.05) is 16.6 Å². The van der Waals surface area contributed by atoms with Gasteiger partial charge in [0.05, 0.1) is 22.6 Å². The van der Waals surface area contributed by atoms with Crippen LogP contribution in [0.25, 0.3) is 0 Å². The van der Waals surface area contributed by atoms with Gasteiger partial charge in [-0.1, -0.05) is 15.9 Å². The van der Waals surface area contributed by atoms with Crippen molar-refractivity contribution in [2.45, 2.75) is 6.92 Å². The normalized spacial score (nSPS) is 11.8. The number of carbonyl (C=O) groups excluding carboxylic acids is 1. The Morgan fingerprint density at radius 3 is 2.25 bits per heavy atom. The molecule has 0 aromatic heterocycles. The summed E-state index contributed by atoms with van der Waals surface area (Å²) in [5.74, 6) is -0.630. The fraction of sp³-hybridized carbons (Fsp3) is 0.176. The number of nitro groups is 1. The molecule has 0 aliphatic heterocycles. The smallest absolute Gasteiger partial charge is 0.269 e. The summed E-state index contributed by atoms with van der Waals surface area (Å²) in [7, 11) is -3.68. The first-order chi connectivity index (χ1) is 13.1. The van der Waals surface area contributed by atoms with Crippen molar-refractivity contribution in [3.05, 3.63) is 68.7 Å². The molecule has 0 spiro atoms. The lowest BCUT2D eigenvalue weighted by atomic mass is 10.1. The molecule has 9 nitrogen and oxygen atoms in total. The predicted molar refractivity (Wildman–Crippen MR) is 110 cm³/mol. The van der Waals surface area contributed by atoms with E-state index in [0.717, 1.165) is 15.0 Å². The number of nitro benzene ring substituents is 1. The van der Waals surface area contributed by atoms with Crippen LogP contribution < -0.4 is 9.73 Å². The van der Waals surface area contributed by atoms with Crippen LogP contribution in [0.3, 0.4) is 0 Å². The van der Waals surface area contributed by atoms with Gasteiger partial charge in [0.2, 0.25) is 10.0 Å². The third kappa shape index (κ3) is 5.86. The van der Waals surface area contributed by atoms with Gasteiger partial charge in [0.1, 0.15) is 6.54 Å². The van der Waals surface area contributed by atoms with Crippen LogP contribution in [-0.4, -0.2) is 37.8 Å². The maximum atomic E-state index is 12.2. The van der Waals surface area contributed by atoms with Crippen LogP contribution in [0.4, 0.5) is 11.4 Å². The molecule has 148 valence electrons. The molecule has 0 heterocycles. The molecule has 0 bridgehead atoms. The molecule has 0 aliphatic rings. The lowest BCUT2D eigenvalue weighted by Gasteiger charge is -2.21. The number of nitrogens with zero attached hydrogens (tertiary/aromatic N) is 3. The number of non-ortho nitro benzene ring substituents is 1. The van der Waals surface area contributed by atoms with Gasteiger partial charge < -0.3 is 0 Å². The van der Waals surface area contributed by atoms with Crippen molar-refractivity contribution in [1.29, 1.82) is 0 Å². The Bertz CT molecular complexity index is 1000. The summed E-state index contributed by atoms with van der Waals surface area (Å²) in [6, 6.07) is 12.2. The molecule has 1 N–H and O–H groups in total. The van der Waals surface area contributed by atoms with E-state index in [9.17, 15) is 23.3 Å². The van der Waals surface area contributed by atoms with E-state index in [1.165, 1.54) is 24.3 Å².